The maximum absolute atomic E-state index is 12.5. The molecule has 1 aromatic heterocycles. The predicted octanol–water partition coefficient (Wildman–Crippen LogP) is 4.64. The fourth-order valence-corrected chi connectivity index (χ4v) is 4.03. The molecule has 1 aliphatic carbocycles. The Kier molecular flexibility index (Phi) is 4.16. The van der Waals surface area contributed by atoms with Crippen LogP contribution in [-0.2, 0) is 0 Å². The van der Waals surface area contributed by atoms with Gasteiger partial charge in [-0.3, -0.25) is 4.79 Å². The first kappa shape index (κ1) is 15.1. The highest BCUT2D eigenvalue weighted by molar-refractivity contribution is 5.77. The summed E-state index contributed by atoms with van der Waals surface area (Å²) in [7, 11) is 0. The van der Waals surface area contributed by atoms with Crippen molar-refractivity contribution in [2.45, 2.75) is 38.0 Å². The van der Waals surface area contributed by atoms with Crippen LogP contribution in [0.1, 0.15) is 49.4 Å². The minimum Gasteiger partial charge on any atom is -0.309 e. The molecule has 1 unspecified atom stereocenters. The second-order valence-corrected chi connectivity index (χ2v) is 6.75. The largest absolute Gasteiger partial charge is 0.309 e. The van der Waals surface area contributed by atoms with Gasteiger partial charge >= 0.3 is 0 Å². The lowest BCUT2D eigenvalue weighted by Gasteiger charge is -2.30. The summed E-state index contributed by atoms with van der Waals surface area (Å²) in [4.78, 5) is 20.4. The molecule has 3 aromatic rings. The molecular formula is C21H22N2O. The predicted molar refractivity (Wildman–Crippen MR) is 97.2 cm³/mol. The number of hydrogen-bond donors (Lipinski definition) is 1. The van der Waals surface area contributed by atoms with E-state index in [1.165, 1.54) is 37.7 Å². The lowest BCUT2D eigenvalue weighted by Crippen LogP contribution is -2.23. The molecule has 122 valence electrons. The van der Waals surface area contributed by atoms with Crippen LogP contribution >= 0.6 is 0 Å². The summed E-state index contributed by atoms with van der Waals surface area (Å²) >= 11 is 0. The highest BCUT2D eigenvalue weighted by Crippen LogP contribution is 2.39. The van der Waals surface area contributed by atoms with Gasteiger partial charge in [0.25, 0.3) is 5.56 Å². The number of fused-ring (bicyclic) bond motifs is 1. The summed E-state index contributed by atoms with van der Waals surface area (Å²) in [5, 5.41) is 0.664. The fourth-order valence-electron chi connectivity index (χ4n) is 4.03. The maximum atomic E-state index is 12.5. The van der Waals surface area contributed by atoms with Gasteiger partial charge in [-0.2, -0.15) is 0 Å². The van der Waals surface area contributed by atoms with E-state index in [0.29, 0.717) is 11.3 Å². The van der Waals surface area contributed by atoms with Crippen molar-refractivity contribution in [3.63, 3.8) is 0 Å². The average Bonchev–Trinajstić information content (AvgIpc) is 2.64. The van der Waals surface area contributed by atoms with Gasteiger partial charge in [0.1, 0.15) is 5.82 Å². The second kappa shape index (κ2) is 6.60. The van der Waals surface area contributed by atoms with Crippen LogP contribution in [-0.4, -0.2) is 9.97 Å². The van der Waals surface area contributed by atoms with E-state index in [9.17, 15) is 4.79 Å². The third-order valence-electron chi connectivity index (χ3n) is 5.21. The van der Waals surface area contributed by atoms with Gasteiger partial charge in [0, 0.05) is 5.92 Å². The number of H-pyrrole nitrogens is 1. The molecular weight excluding hydrogens is 296 g/mol. The second-order valence-electron chi connectivity index (χ2n) is 6.75. The zero-order valence-corrected chi connectivity index (χ0v) is 13.7. The normalized spacial score (nSPS) is 17.0. The van der Waals surface area contributed by atoms with E-state index < -0.39 is 0 Å². The number of rotatable bonds is 3. The Labute approximate surface area is 141 Å². The third-order valence-corrected chi connectivity index (χ3v) is 5.21. The van der Waals surface area contributed by atoms with Crippen molar-refractivity contribution in [2.75, 3.05) is 0 Å². The Balaban J connectivity index is 1.85. The van der Waals surface area contributed by atoms with Crippen LogP contribution in [0, 0.1) is 5.92 Å². The SMILES string of the molecule is O=c1[nH]c(C(c2ccccc2)C2CCCCC2)nc2ccccc12. The molecule has 0 spiro atoms. The van der Waals surface area contributed by atoms with Crippen LogP contribution in [0.2, 0.25) is 0 Å². The molecule has 0 aliphatic heterocycles. The number of hydrogen-bond acceptors (Lipinski definition) is 2. The minimum absolute atomic E-state index is 0.0349. The first-order valence-corrected chi connectivity index (χ1v) is 8.87. The third kappa shape index (κ3) is 2.86. The average molecular weight is 318 g/mol. The Bertz CT molecular complexity index is 879. The van der Waals surface area contributed by atoms with Crippen LogP contribution in [0.4, 0.5) is 0 Å². The van der Waals surface area contributed by atoms with Crippen LogP contribution in [0.5, 0.6) is 0 Å². The molecule has 0 radical (unpaired) electrons. The molecule has 1 saturated carbocycles. The van der Waals surface area contributed by atoms with Gasteiger partial charge in [-0.05, 0) is 36.5 Å². The Morgan fingerprint density at radius 1 is 0.917 bits per heavy atom. The molecule has 0 saturated heterocycles. The molecule has 1 fully saturated rings. The van der Waals surface area contributed by atoms with Crippen molar-refractivity contribution >= 4 is 10.9 Å². The number of aromatic amines is 1. The Hall–Kier alpha value is -2.42. The highest BCUT2D eigenvalue weighted by Gasteiger charge is 2.28. The molecule has 24 heavy (non-hydrogen) atoms. The summed E-state index contributed by atoms with van der Waals surface area (Å²) in [5.74, 6) is 1.53. The Morgan fingerprint density at radius 3 is 2.42 bits per heavy atom. The number of aromatic nitrogens is 2. The van der Waals surface area contributed by atoms with Crippen molar-refractivity contribution in [2.24, 2.45) is 5.92 Å². The molecule has 3 nitrogen and oxygen atoms in total. The van der Waals surface area contributed by atoms with E-state index in [0.717, 1.165) is 11.3 Å². The van der Waals surface area contributed by atoms with E-state index in [1.807, 2.05) is 30.3 Å². The highest BCUT2D eigenvalue weighted by atomic mass is 16.1. The molecule has 0 amide bonds. The van der Waals surface area contributed by atoms with Gasteiger partial charge in [-0.1, -0.05) is 61.7 Å². The van der Waals surface area contributed by atoms with Crippen LogP contribution in [0.25, 0.3) is 10.9 Å². The van der Waals surface area contributed by atoms with Crippen LogP contribution in [0.15, 0.2) is 59.4 Å². The van der Waals surface area contributed by atoms with Gasteiger partial charge in [0.2, 0.25) is 0 Å². The standard InChI is InChI=1S/C21H22N2O/c24-21-17-13-7-8-14-18(17)22-20(23-21)19(15-9-3-1-4-10-15)16-11-5-2-6-12-16/h1,3-4,7-10,13-14,16,19H,2,5-6,11-12H2,(H,22,23,24). The van der Waals surface area contributed by atoms with E-state index >= 15 is 0 Å². The molecule has 3 heteroatoms. The van der Waals surface area contributed by atoms with Crippen molar-refractivity contribution in [1.82, 2.24) is 9.97 Å². The molecule has 1 N–H and O–H groups in total. The van der Waals surface area contributed by atoms with Gasteiger partial charge in [-0.25, -0.2) is 4.98 Å². The van der Waals surface area contributed by atoms with Gasteiger partial charge in [0.15, 0.2) is 0 Å². The Morgan fingerprint density at radius 2 is 1.62 bits per heavy atom. The monoisotopic (exact) mass is 318 g/mol. The molecule has 1 aliphatic rings. The van der Waals surface area contributed by atoms with E-state index in [2.05, 4.69) is 29.2 Å². The maximum Gasteiger partial charge on any atom is 0.258 e. The first-order valence-electron chi connectivity index (χ1n) is 8.87. The number of nitrogens with one attached hydrogen (secondary N) is 1. The summed E-state index contributed by atoms with van der Waals surface area (Å²) in [6.45, 7) is 0. The van der Waals surface area contributed by atoms with Crippen molar-refractivity contribution < 1.29 is 0 Å². The summed E-state index contributed by atoms with van der Waals surface area (Å²) in [6.07, 6.45) is 6.27. The van der Waals surface area contributed by atoms with Crippen molar-refractivity contribution in [3.05, 3.63) is 76.3 Å². The van der Waals surface area contributed by atoms with Crippen molar-refractivity contribution in [1.29, 1.82) is 0 Å². The first-order chi connectivity index (χ1) is 11.8. The minimum atomic E-state index is -0.0349. The fraction of sp³-hybridized carbons (Fsp3) is 0.333. The van der Waals surface area contributed by atoms with Crippen molar-refractivity contribution in [3.8, 4) is 0 Å². The number of benzene rings is 2. The summed E-state index contributed by atoms with van der Waals surface area (Å²) in [5.41, 5.74) is 2.00. The molecule has 1 atom stereocenters. The van der Waals surface area contributed by atoms with E-state index in [4.69, 9.17) is 4.98 Å². The molecule has 4 rings (SSSR count). The topological polar surface area (TPSA) is 45.8 Å². The number of nitrogens with zero attached hydrogens (tertiary/aromatic N) is 1. The number of para-hydroxylation sites is 1. The summed E-state index contributed by atoms with van der Waals surface area (Å²) in [6, 6.07) is 18.1. The zero-order valence-electron chi connectivity index (χ0n) is 13.7. The van der Waals surface area contributed by atoms with Gasteiger partial charge in [-0.15, -0.1) is 0 Å². The van der Waals surface area contributed by atoms with Crippen LogP contribution in [0.3, 0.4) is 0 Å². The zero-order chi connectivity index (χ0) is 16.4. The summed E-state index contributed by atoms with van der Waals surface area (Å²) < 4.78 is 0. The molecule has 2 aromatic carbocycles. The smallest absolute Gasteiger partial charge is 0.258 e. The molecule has 0 bridgehead atoms. The molecule has 1 heterocycles. The van der Waals surface area contributed by atoms with Crippen LogP contribution < -0.4 is 5.56 Å². The van der Waals surface area contributed by atoms with E-state index in [-0.39, 0.29) is 11.5 Å². The van der Waals surface area contributed by atoms with E-state index in [1.54, 1.807) is 0 Å². The lowest BCUT2D eigenvalue weighted by atomic mass is 9.76. The van der Waals surface area contributed by atoms with Gasteiger partial charge < -0.3 is 4.98 Å². The lowest BCUT2D eigenvalue weighted by molar-refractivity contribution is 0.321. The quantitative estimate of drug-likeness (QED) is 0.765. The van der Waals surface area contributed by atoms with Gasteiger partial charge in [0.05, 0.1) is 10.9 Å².